The molecule has 1 aliphatic rings. The van der Waals surface area contributed by atoms with Crippen LogP contribution in [0.3, 0.4) is 0 Å². The van der Waals surface area contributed by atoms with Crippen LogP contribution in [0.4, 0.5) is 0 Å². The number of hydrogen-bond acceptors (Lipinski definition) is 2. The van der Waals surface area contributed by atoms with Crippen LogP contribution in [0.15, 0.2) is 47.4 Å². The van der Waals surface area contributed by atoms with Gasteiger partial charge in [-0.1, -0.05) is 30.3 Å². The Morgan fingerprint density at radius 1 is 1.00 bits per heavy atom. The first kappa shape index (κ1) is 11.8. The van der Waals surface area contributed by atoms with E-state index in [0.717, 1.165) is 36.5 Å². The fourth-order valence-corrected chi connectivity index (χ4v) is 3.46. The van der Waals surface area contributed by atoms with Crippen LogP contribution < -0.4 is 5.32 Å². The Labute approximate surface area is 109 Å². The molecule has 0 amide bonds. The average Bonchev–Trinajstić information content (AvgIpc) is 2.47. The number of hydrogen-bond donors (Lipinski definition) is 1. The Balaban J connectivity index is 1.91. The molecule has 18 heavy (non-hydrogen) atoms. The number of rotatable bonds is 2. The smallest absolute Gasteiger partial charge is 0.127 e. The zero-order valence-corrected chi connectivity index (χ0v) is 11.0. The molecule has 1 fully saturated rings. The maximum absolute atomic E-state index is 12.5. The largest absolute Gasteiger partial charge is 0.314 e. The van der Waals surface area contributed by atoms with Gasteiger partial charge >= 0.3 is 0 Å². The molecule has 1 unspecified atom stereocenters. The Bertz CT molecular complexity index is 579. The van der Waals surface area contributed by atoms with Gasteiger partial charge in [0, 0.05) is 26.2 Å². The number of piperazine rings is 1. The first-order valence-corrected chi connectivity index (χ1v) is 7.32. The molecule has 2 aromatic rings. The van der Waals surface area contributed by atoms with E-state index < -0.39 is 11.0 Å². The van der Waals surface area contributed by atoms with Crippen molar-refractivity contribution in [2.45, 2.75) is 4.90 Å². The summed E-state index contributed by atoms with van der Waals surface area (Å²) in [4.78, 5) is 0.899. The fourth-order valence-electron chi connectivity index (χ4n) is 2.24. The van der Waals surface area contributed by atoms with Crippen LogP contribution in [0.1, 0.15) is 0 Å². The fraction of sp³-hybridized carbons (Fsp3) is 0.286. The Morgan fingerprint density at radius 2 is 1.72 bits per heavy atom. The highest BCUT2D eigenvalue weighted by Gasteiger charge is 2.17. The maximum Gasteiger partial charge on any atom is 0.127 e. The van der Waals surface area contributed by atoms with Crippen molar-refractivity contribution < 1.29 is 4.21 Å². The monoisotopic (exact) mass is 260 g/mol. The number of fused-ring (bicyclic) bond motifs is 1. The second kappa shape index (κ2) is 5.18. The summed E-state index contributed by atoms with van der Waals surface area (Å²) >= 11 is 0. The van der Waals surface area contributed by atoms with E-state index in [9.17, 15) is 4.21 Å². The molecule has 1 saturated heterocycles. The summed E-state index contributed by atoms with van der Waals surface area (Å²) in [5, 5.41) is 5.62. The van der Waals surface area contributed by atoms with Gasteiger partial charge in [-0.05, 0) is 22.9 Å². The van der Waals surface area contributed by atoms with Gasteiger partial charge in [-0.2, -0.15) is 0 Å². The zero-order chi connectivity index (χ0) is 12.4. The Hall–Kier alpha value is -1.23. The first-order valence-electron chi connectivity index (χ1n) is 6.21. The lowest BCUT2D eigenvalue weighted by molar-refractivity contribution is 0.380. The van der Waals surface area contributed by atoms with E-state index >= 15 is 0 Å². The van der Waals surface area contributed by atoms with Crippen molar-refractivity contribution in [2.75, 3.05) is 26.2 Å². The van der Waals surface area contributed by atoms with Crippen LogP contribution >= 0.6 is 0 Å². The van der Waals surface area contributed by atoms with Crippen molar-refractivity contribution in [2.24, 2.45) is 0 Å². The van der Waals surface area contributed by atoms with Gasteiger partial charge in [0.1, 0.15) is 11.0 Å². The third-order valence-corrected chi connectivity index (χ3v) is 4.72. The van der Waals surface area contributed by atoms with E-state index in [4.69, 9.17) is 0 Å². The van der Waals surface area contributed by atoms with E-state index in [1.807, 2.05) is 34.6 Å². The van der Waals surface area contributed by atoms with Crippen molar-refractivity contribution in [1.29, 1.82) is 0 Å². The van der Waals surface area contributed by atoms with E-state index in [0.29, 0.717) is 0 Å². The molecule has 3 nitrogen and oxygen atoms in total. The number of nitrogens with zero attached hydrogens (tertiary/aromatic N) is 1. The summed E-state index contributed by atoms with van der Waals surface area (Å²) in [5.74, 6) is 0. The van der Waals surface area contributed by atoms with E-state index in [1.165, 1.54) is 5.39 Å². The number of nitrogens with one attached hydrogen (secondary N) is 1. The minimum Gasteiger partial charge on any atom is -0.314 e. The third kappa shape index (κ3) is 2.32. The highest BCUT2D eigenvalue weighted by Crippen LogP contribution is 2.19. The molecule has 0 radical (unpaired) electrons. The van der Waals surface area contributed by atoms with Crippen LogP contribution in [-0.2, 0) is 11.0 Å². The summed E-state index contributed by atoms with van der Waals surface area (Å²) in [6.45, 7) is 3.53. The lowest BCUT2D eigenvalue weighted by atomic mass is 10.1. The molecule has 94 valence electrons. The highest BCUT2D eigenvalue weighted by atomic mass is 32.2. The topological polar surface area (TPSA) is 32.3 Å². The molecule has 2 aromatic carbocycles. The quantitative estimate of drug-likeness (QED) is 0.892. The third-order valence-electron chi connectivity index (χ3n) is 3.23. The predicted octanol–water partition coefficient (Wildman–Crippen LogP) is 1.77. The van der Waals surface area contributed by atoms with Gasteiger partial charge in [-0.15, -0.1) is 0 Å². The van der Waals surface area contributed by atoms with Gasteiger partial charge in [-0.25, -0.2) is 8.51 Å². The first-order chi connectivity index (χ1) is 8.84. The zero-order valence-electron chi connectivity index (χ0n) is 10.1. The van der Waals surface area contributed by atoms with Crippen LogP contribution in [-0.4, -0.2) is 34.7 Å². The summed E-state index contributed by atoms with van der Waals surface area (Å²) in [5.41, 5.74) is 0. The molecule has 0 saturated carbocycles. The van der Waals surface area contributed by atoms with E-state index in [-0.39, 0.29) is 0 Å². The number of benzene rings is 2. The molecule has 0 aromatic heterocycles. The van der Waals surface area contributed by atoms with Gasteiger partial charge in [0.05, 0.1) is 4.90 Å². The van der Waals surface area contributed by atoms with Gasteiger partial charge in [0.25, 0.3) is 0 Å². The van der Waals surface area contributed by atoms with Gasteiger partial charge in [0.15, 0.2) is 0 Å². The van der Waals surface area contributed by atoms with Crippen molar-refractivity contribution in [3.63, 3.8) is 0 Å². The summed E-state index contributed by atoms with van der Waals surface area (Å²) in [6.07, 6.45) is 0. The Kier molecular flexibility index (Phi) is 3.41. The Morgan fingerprint density at radius 3 is 2.50 bits per heavy atom. The molecule has 1 N–H and O–H groups in total. The molecule has 0 spiro atoms. The molecule has 4 heteroatoms. The van der Waals surface area contributed by atoms with Crippen molar-refractivity contribution in [1.82, 2.24) is 9.62 Å². The lowest BCUT2D eigenvalue weighted by Gasteiger charge is -2.25. The van der Waals surface area contributed by atoms with Gasteiger partial charge < -0.3 is 5.32 Å². The van der Waals surface area contributed by atoms with Gasteiger partial charge in [-0.3, -0.25) is 0 Å². The molecule has 1 heterocycles. The molecular formula is C14H16N2OS. The van der Waals surface area contributed by atoms with Crippen LogP contribution in [0.2, 0.25) is 0 Å². The minimum atomic E-state index is -1.03. The van der Waals surface area contributed by atoms with Crippen LogP contribution in [0, 0.1) is 0 Å². The van der Waals surface area contributed by atoms with Crippen LogP contribution in [0.25, 0.3) is 10.8 Å². The van der Waals surface area contributed by atoms with Crippen molar-refractivity contribution in [3.8, 4) is 0 Å². The summed E-state index contributed by atoms with van der Waals surface area (Å²) in [7, 11) is -1.03. The van der Waals surface area contributed by atoms with Gasteiger partial charge in [0.2, 0.25) is 0 Å². The van der Waals surface area contributed by atoms with Crippen molar-refractivity contribution >= 4 is 21.8 Å². The molecule has 0 aliphatic carbocycles. The molecular weight excluding hydrogens is 244 g/mol. The van der Waals surface area contributed by atoms with Crippen molar-refractivity contribution in [3.05, 3.63) is 42.5 Å². The SMILES string of the molecule is O=S(c1ccc2ccccc2c1)N1CCNCC1. The van der Waals surface area contributed by atoms with Crippen LogP contribution in [0.5, 0.6) is 0 Å². The van der Waals surface area contributed by atoms with E-state index in [2.05, 4.69) is 17.4 Å². The average molecular weight is 260 g/mol. The standard InChI is InChI=1S/C14H16N2OS/c17-18(16-9-7-15-8-10-16)14-6-5-12-3-1-2-4-13(12)11-14/h1-6,11,15H,7-10H2. The summed E-state index contributed by atoms with van der Waals surface area (Å²) < 4.78 is 14.5. The second-order valence-electron chi connectivity index (χ2n) is 4.44. The van der Waals surface area contributed by atoms with E-state index in [1.54, 1.807) is 0 Å². The minimum absolute atomic E-state index is 0.847. The second-order valence-corrected chi connectivity index (χ2v) is 5.92. The maximum atomic E-state index is 12.5. The molecule has 1 aliphatic heterocycles. The lowest BCUT2D eigenvalue weighted by Crippen LogP contribution is -2.44. The molecule has 3 rings (SSSR count). The normalized spacial score (nSPS) is 18.9. The molecule has 0 bridgehead atoms. The predicted molar refractivity (Wildman–Crippen MR) is 74.8 cm³/mol. The highest BCUT2D eigenvalue weighted by molar-refractivity contribution is 7.82. The summed E-state index contributed by atoms with van der Waals surface area (Å²) in [6, 6.07) is 14.2. The molecule has 1 atom stereocenters.